The van der Waals surface area contributed by atoms with Crippen molar-refractivity contribution in [2.45, 2.75) is 31.6 Å². The van der Waals surface area contributed by atoms with Crippen LogP contribution in [0.15, 0.2) is 36.5 Å². The first-order valence-corrected chi connectivity index (χ1v) is 11.9. The largest absolute Gasteiger partial charge is 0.495 e. The number of carbonyl (C=O) groups is 2. The van der Waals surface area contributed by atoms with Crippen LogP contribution in [-0.4, -0.2) is 83.9 Å². The van der Waals surface area contributed by atoms with Gasteiger partial charge < -0.3 is 14.8 Å². The number of aromatic nitrogens is 2. The summed E-state index contributed by atoms with van der Waals surface area (Å²) in [6.07, 6.45) is -0.740. The molecule has 36 heavy (non-hydrogen) atoms. The number of pyridine rings is 1. The van der Waals surface area contributed by atoms with Gasteiger partial charge in [0, 0.05) is 36.8 Å². The normalized spacial score (nSPS) is 16.9. The number of hydrogen-bond acceptors (Lipinski definition) is 8. The average molecular weight is 528 g/mol. The number of nitrogens with one attached hydrogen (secondary N) is 1. The SMILES string of the molecule is C=CCOC(=O)N1CCN(C(C)(C)c2csc(-c3cncc(OC)c3)n2)CC1C(=O)NCC(F)(F)F. The highest BCUT2D eigenvalue weighted by Crippen LogP contribution is 2.34. The molecule has 1 atom stereocenters. The number of thiazole rings is 1. The minimum absolute atomic E-state index is 0.00649. The van der Waals surface area contributed by atoms with Crippen molar-refractivity contribution in [2.24, 2.45) is 0 Å². The van der Waals surface area contributed by atoms with Crippen molar-refractivity contribution >= 4 is 23.3 Å². The molecule has 1 aliphatic rings. The van der Waals surface area contributed by atoms with Crippen molar-refractivity contribution in [1.82, 2.24) is 25.1 Å². The highest BCUT2D eigenvalue weighted by Gasteiger charge is 2.43. The lowest BCUT2D eigenvalue weighted by atomic mass is 9.96. The van der Waals surface area contributed by atoms with E-state index >= 15 is 0 Å². The van der Waals surface area contributed by atoms with Gasteiger partial charge in [0.05, 0.1) is 24.5 Å². The molecule has 2 aromatic rings. The van der Waals surface area contributed by atoms with Crippen LogP contribution in [0.2, 0.25) is 0 Å². The van der Waals surface area contributed by atoms with E-state index in [2.05, 4.69) is 11.6 Å². The average Bonchev–Trinajstić information content (AvgIpc) is 3.36. The van der Waals surface area contributed by atoms with Crippen LogP contribution in [0.4, 0.5) is 18.0 Å². The Morgan fingerprint density at radius 1 is 1.31 bits per heavy atom. The number of carbonyl (C=O) groups excluding carboxylic acids is 2. The summed E-state index contributed by atoms with van der Waals surface area (Å²) in [5, 5.41) is 4.49. The lowest BCUT2D eigenvalue weighted by molar-refractivity contribution is -0.143. The Hall–Kier alpha value is -3.19. The maximum atomic E-state index is 12.8. The molecule has 2 aromatic heterocycles. The summed E-state index contributed by atoms with van der Waals surface area (Å²) in [5.41, 5.74) is 0.795. The minimum Gasteiger partial charge on any atom is -0.495 e. The van der Waals surface area contributed by atoms with Gasteiger partial charge in [-0.05, 0) is 19.9 Å². The van der Waals surface area contributed by atoms with E-state index in [0.717, 1.165) is 15.5 Å². The molecule has 1 aliphatic heterocycles. The Bertz CT molecular complexity index is 1090. The van der Waals surface area contributed by atoms with Crippen molar-refractivity contribution in [2.75, 3.05) is 39.9 Å². The van der Waals surface area contributed by atoms with Gasteiger partial charge in [-0.15, -0.1) is 11.3 Å². The van der Waals surface area contributed by atoms with Gasteiger partial charge in [-0.1, -0.05) is 12.7 Å². The standard InChI is InChI=1S/C23H28F3N5O4S/c1-5-8-35-21(33)31-7-6-30(12-17(31)19(32)28-14-23(24,25)26)22(2,3)18-13-36-20(29-18)15-9-16(34-4)11-27-10-15/h5,9-11,13,17H,1,6-8,12,14H2,2-4H3,(H,28,32). The fourth-order valence-electron chi connectivity index (χ4n) is 3.75. The Balaban J connectivity index is 1.82. The van der Waals surface area contributed by atoms with Crippen molar-refractivity contribution in [3.63, 3.8) is 0 Å². The van der Waals surface area contributed by atoms with E-state index in [1.54, 1.807) is 19.5 Å². The maximum absolute atomic E-state index is 12.8. The van der Waals surface area contributed by atoms with Crippen LogP contribution >= 0.6 is 11.3 Å². The fraction of sp³-hybridized carbons (Fsp3) is 0.478. The smallest absolute Gasteiger partial charge is 0.410 e. The Morgan fingerprint density at radius 2 is 2.06 bits per heavy atom. The molecule has 3 rings (SSSR count). The third-order valence-corrected chi connectivity index (χ3v) is 6.71. The van der Waals surface area contributed by atoms with Crippen molar-refractivity contribution < 1.29 is 32.2 Å². The number of rotatable bonds is 8. The van der Waals surface area contributed by atoms with E-state index < -0.39 is 36.3 Å². The zero-order valence-electron chi connectivity index (χ0n) is 20.2. The monoisotopic (exact) mass is 527 g/mol. The molecule has 9 nitrogen and oxygen atoms in total. The van der Waals surface area contributed by atoms with Crippen LogP contribution in [-0.2, 0) is 15.1 Å². The van der Waals surface area contributed by atoms with Crippen LogP contribution in [0.3, 0.4) is 0 Å². The molecule has 1 saturated heterocycles. The van der Waals surface area contributed by atoms with Crippen molar-refractivity contribution in [3.05, 3.63) is 42.2 Å². The highest BCUT2D eigenvalue weighted by molar-refractivity contribution is 7.13. The topological polar surface area (TPSA) is 96.9 Å². The third-order valence-electron chi connectivity index (χ3n) is 5.82. The van der Waals surface area contributed by atoms with Crippen LogP contribution < -0.4 is 10.1 Å². The van der Waals surface area contributed by atoms with E-state index in [4.69, 9.17) is 14.5 Å². The van der Waals surface area contributed by atoms with E-state index in [1.165, 1.54) is 17.4 Å². The summed E-state index contributed by atoms with van der Waals surface area (Å²) in [6.45, 7) is 6.15. The fourth-order valence-corrected chi connectivity index (χ4v) is 4.71. The lowest BCUT2D eigenvalue weighted by Crippen LogP contribution is -2.64. The van der Waals surface area contributed by atoms with Gasteiger partial charge >= 0.3 is 12.3 Å². The molecule has 0 radical (unpaired) electrons. The lowest BCUT2D eigenvalue weighted by Gasteiger charge is -2.46. The molecular weight excluding hydrogens is 499 g/mol. The molecular formula is C23H28F3N5O4S. The maximum Gasteiger partial charge on any atom is 0.410 e. The number of alkyl halides is 3. The van der Waals surface area contributed by atoms with Crippen LogP contribution in [0, 0.1) is 0 Å². The van der Waals surface area contributed by atoms with Crippen LogP contribution in [0.1, 0.15) is 19.5 Å². The summed E-state index contributed by atoms with van der Waals surface area (Å²) >= 11 is 1.41. The molecule has 0 bridgehead atoms. The third kappa shape index (κ3) is 6.52. The Kier molecular flexibility index (Phi) is 8.56. The van der Waals surface area contributed by atoms with E-state index in [0.29, 0.717) is 18.0 Å². The van der Waals surface area contributed by atoms with Gasteiger partial charge in [-0.25, -0.2) is 9.78 Å². The zero-order valence-corrected chi connectivity index (χ0v) is 21.0. The molecule has 0 spiro atoms. The Labute approximate surface area is 210 Å². The molecule has 196 valence electrons. The second-order valence-corrected chi connectivity index (χ2v) is 9.42. The first-order chi connectivity index (χ1) is 17.0. The van der Waals surface area contributed by atoms with Gasteiger partial charge in [-0.2, -0.15) is 13.2 Å². The number of halogens is 3. The zero-order chi connectivity index (χ0) is 26.5. The quantitative estimate of drug-likeness (QED) is 0.526. The first kappa shape index (κ1) is 27.4. The van der Waals surface area contributed by atoms with E-state index in [1.807, 2.05) is 35.5 Å². The molecule has 13 heteroatoms. The number of nitrogens with zero attached hydrogens (tertiary/aromatic N) is 4. The molecule has 0 aliphatic carbocycles. The summed E-state index contributed by atoms with van der Waals surface area (Å²) in [4.78, 5) is 37.2. The van der Waals surface area contributed by atoms with Gasteiger partial charge in [0.25, 0.3) is 0 Å². The molecule has 0 aromatic carbocycles. The molecule has 3 heterocycles. The second-order valence-electron chi connectivity index (χ2n) is 8.56. The summed E-state index contributed by atoms with van der Waals surface area (Å²) in [5.74, 6) is -0.319. The molecule has 2 amide bonds. The van der Waals surface area contributed by atoms with Gasteiger partial charge in [-0.3, -0.25) is 19.6 Å². The van der Waals surface area contributed by atoms with Gasteiger partial charge in [0.1, 0.15) is 30.0 Å². The number of amides is 2. The van der Waals surface area contributed by atoms with E-state index in [-0.39, 0.29) is 19.7 Å². The summed E-state index contributed by atoms with van der Waals surface area (Å²) in [7, 11) is 1.55. The predicted molar refractivity (Wildman–Crippen MR) is 128 cm³/mol. The first-order valence-electron chi connectivity index (χ1n) is 11.1. The second kappa shape index (κ2) is 11.2. The minimum atomic E-state index is -4.58. The summed E-state index contributed by atoms with van der Waals surface area (Å²) in [6, 6.07) is 0.635. The molecule has 1 unspecified atom stereocenters. The van der Waals surface area contributed by atoms with Crippen molar-refractivity contribution in [3.8, 4) is 16.3 Å². The summed E-state index contributed by atoms with van der Waals surface area (Å²) < 4.78 is 48.4. The number of methoxy groups -OCH3 is 1. The molecule has 0 saturated carbocycles. The van der Waals surface area contributed by atoms with Crippen LogP contribution in [0.25, 0.3) is 10.6 Å². The Morgan fingerprint density at radius 3 is 2.72 bits per heavy atom. The van der Waals surface area contributed by atoms with Gasteiger partial charge in [0.15, 0.2) is 0 Å². The number of piperazine rings is 1. The number of ether oxygens (including phenoxy) is 2. The highest BCUT2D eigenvalue weighted by atomic mass is 32.1. The van der Waals surface area contributed by atoms with E-state index in [9.17, 15) is 22.8 Å². The molecule has 1 fully saturated rings. The number of hydrogen-bond donors (Lipinski definition) is 1. The van der Waals surface area contributed by atoms with Crippen molar-refractivity contribution in [1.29, 1.82) is 0 Å². The molecule has 1 N–H and O–H groups in total. The van der Waals surface area contributed by atoms with Gasteiger partial charge in [0.2, 0.25) is 5.91 Å². The van der Waals surface area contributed by atoms with Crippen LogP contribution in [0.5, 0.6) is 5.75 Å². The predicted octanol–water partition coefficient (Wildman–Crippen LogP) is 3.44.